The van der Waals surface area contributed by atoms with Gasteiger partial charge in [0.15, 0.2) is 5.65 Å². The van der Waals surface area contributed by atoms with E-state index in [1.165, 1.54) is 12.1 Å². The first kappa shape index (κ1) is 24.0. The van der Waals surface area contributed by atoms with Crippen LogP contribution in [0.4, 0.5) is 22.0 Å². The molecule has 0 spiro atoms. The van der Waals surface area contributed by atoms with E-state index in [1.807, 2.05) is 4.57 Å². The highest BCUT2D eigenvalue weighted by molar-refractivity contribution is 6.39. The number of carbonyl (C=O) groups is 1. The Kier molecular flexibility index (Phi) is 6.69. The number of primary amides is 1. The summed E-state index contributed by atoms with van der Waals surface area (Å²) in [6.07, 6.45) is 6.29. The summed E-state index contributed by atoms with van der Waals surface area (Å²) in [5.41, 5.74) is 7.04. The summed E-state index contributed by atoms with van der Waals surface area (Å²) in [5, 5.41) is 16.6. The van der Waals surface area contributed by atoms with E-state index in [4.69, 9.17) is 33.9 Å². The third kappa shape index (κ3) is 5.00. The molecule has 2 fully saturated rings. The minimum atomic E-state index is -0.539. The third-order valence-corrected chi connectivity index (χ3v) is 7.48. The monoisotopic (exact) mass is 521 g/mol. The minimum absolute atomic E-state index is 0.00727. The van der Waals surface area contributed by atoms with Crippen LogP contribution in [-0.4, -0.2) is 42.7 Å². The lowest BCUT2D eigenvalue weighted by atomic mass is 9.85. The summed E-state index contributed by atoms with van der Waals surface area (Å²) < 4.78 is 15.7. The molecule has 0 bridgehead atoms. The van der Waals surface area contributed by atoms with Gasteiger partial charge in [-0.05, 0) is 57.1 Å². The molecule has 1 amide bonds. The van der Waals surface area contributed by atoms with E-state index in [-0.39, 0.29) is 40.1 Å². The predicted octanol–water partition coefficient (Wildman–Crippen LogP) is 4.56. The largest absolute Gasteiger partial charge is 0.393 e. The second kappa shape index (κ2) is 9.75. The molecular formula is C23H26Cl2FN7O2. The topological polar surface area (TPSA) is 131 Å². The molecule has 2 aromatic heterocycles. The summed E-state index contributed by atoms with van der Waals surface area (Å²) in [6.45, 7) is 0. The van der Waals surface area contributed by atoms with Crippen molar-refractivity contribution in [2.45, 2.75) is 63.1 Å². The number of imidazole rings is 1. The predicted molar refractivity (Wildman–Crippen MR) is 132 cm³/mol. The molecule has 2 atom stereocenters. The number of aliphatic hydroxyl groups is 1. The molecule has 0 saturated heterocycles. The molecule has 9 nitrogen and oxygen atoms in total. The number of rotatable bonds is 6. The summed E-state index contributed by atoms with van der Waals surface area (Å²) in [4.78, 5) is 25.5. The highest BCUT2D eigenvalue weighted by Crippen LogP contribution is 2.39. The van der Waals surface area contributed by atoms with Gasteiger partial charge in [-0.15, -0.1) is 0 Å². The Balaban J connectivity index is 1.52. The van der Waals surface area contributed by atoms with Gasteiger partial charge in [-0.1, -0.05) is 23.2 Å². The van der Waals surface area contributed by atoms with E-state index in [2.05, 4.69) is 20.6 Å². The standard InChI is InChI=1S/C23H26Cl2FN7O2/c24-16-7-12(26)8-17(25)19(16)31-23-30-18-10-28-22(29-13-3-6-15(34)9-13)32-21(18)33(23)14-4-1-11(2-5-14)20(27)35/h7-8,10-11,13-15,34H,1-6,9H2,(H2,27,35)(H,30,31)(H,28,29,32)/t11-,13-,14-,15-/m1/s1. The Hall–Kier alpha value is -2.69. The van der Waals surface area contributed by atoms with Crippen molar-refractivity contribution in [2.75, 3.05) is 10.6 Å². The van der Waals surface area contributed by atoms with E-state index in [1.54, 1.807) is 6.20 Å². The summed E-state index contributed by atoms with van der Waals surface area (Å²) in [7, 11) is 0. The van der Waals surface area contributed by atoms with Crippen LogP contribution in [0.1, 0.15) is 51.0 Å². The van der Waals surface area contributed by atoms with E-state index < -0.39 is 5.82 Å². The van der Waals surface area contributed by atoms with Crippen LogP contribution in [0.15, 0.2) is 18.3 Å². The molecule has 0 radical (unpaired) electrons. The van der Waals surface area contributed by atoms with Crippen molar-refractivity contribution in [2.24, 2.45) is 11.7 Å². The van der Waals surface area contributed by atoms with Crippen molar-refractivity contribution >= 4 is 57.9 Å². The summed E-state index contributed by atoms with van der Waals surface area (Å²) >= 11 is 12.5. The van der Waals surface area contributed by atoms with Gasteiger partial charge in [0.2, 0.25) is 17.8 Å². The number of amides is 1. The molecule has 0 aliphatic heterocycles. The van der Waals surface area contributed by atoms with Gasteiger partial charge >= 0.3 is 0 Å². The lowest BCUT2D eigenvalue weighted by molar-refractivity contribution is -0.122. The summed E-state index contributed by atoms with van der Waals surface area (Å²) in [5.74, 6) is -0.0788. The Morgan fingerprint density at radius 3 is 2.46 bits per heavy atom. The van der Waals surface area contributed by atoms with Crippen molar-refractivity contribution < 1.29 is 14.3 Å². The Bertz CT molecular complexity index is 1240. The van der Waals surface area contributed by atoms with Crippen molar-refractivity contribution in [3.63, 3.8) is 0 Å². The Labute approximate surface area is 211 Å². The first-order valence-corrected chi connectivity index (χ1v) is 12.4. The molecular weight excluding hydrogens is 496 g/mol. The number of aromatic nitrogens is 4. The van der Waals surface area contributed by atoms with Crippen LogP contribution >= 0.6 is 23.2 Å². The van der Waals surface area contributed by atoms with Crippen LogP contribution in [0.5, 0.6) is 0 Å². The van der Waals surface area contributed by atoms with E-state index >= 15 is 0 Å². The summed E-state index contributed by atoms with van der Waals surface area (Å²) in [6, 6.07) is 2.45. The zero-order valence-electron chi connectivity index (χ0n) is 18.8. The highest BCUT2D eigenvalue weighted by Gasteiger charge is 2.30. The minimum Gasteiger partial charge on any atom is -0.393 e. The van der Waals surface area contributed by atoms with Gasteiger partial charge in [-0.2, -0.15) is 4.98 Å². The van der Waals surface area contributed by atoms with Crippen molar-refractivity contribution in [1.82, 2.24) is 19.5 Å². The van der Waals surface area contributed by atoms with Gasteiger partial charge in [0, 0.05) is 18.0 Å². The van der Waals surface area contributed by atoms with E-state index in [9.17, 15) is 14.3 Å². The SMILES string of the molecule is NC(=O)[C@H]1CC[C@H](n2c(Nc3c(Cl)cc(F)cc3Cl)nc3cnc(N[C@@H]4CC[C@@H](O)C4)nc32)CC1. The van der Waals surface area contributed by atoms with Gasteiger partial charge in [0.1, 0.15) is 11.3 Å². The first-order valence-electron chi connectivity index (χ1n) is 11.7. The molecule has 2 aliphatic carbocycles. The lowest BCUT2D eigenvalue weighted by Gasteiger charge is -2.29. The van der Waals surface area contributed by atoms with Crippen LogP contribution in [0.2, 0.25) is 10.0 Å². The average Bonchev–Trinajstić information content (AvgIpc) is 3.38. The van der Waals surface area contributed by atoms with E-state index in [0.717, 1.165) is 12.8 Å². The van der Waals surface area contributed by atoms with Crippen LogP contribution < -0.4 is 16.4 Å². The second-order valence-corrected chi connectivity index (χ2v) is 10.1. The third-order valence-electron chi connectivity index (χ3n) is 6.88. The number of aliphatic hydroxyl groups excluding tert-OH is 1. The zero-order valence-corrected chi connectivity index (χ0v) is 20.4. The van der Waals surface area contributed by atoms with Crippen LogP contribution in [0, 0.1) is 11.7 Å². The molecule has 2 aliphatic rings. The van der Waals surface area contributed by atoms with Crippen molar-refractivity contribution in [1.29, 1.82) is 0 Å². The fraction of sp³-hybridized carbons (Fsp3) is 0.478. The molecule has 12 heteroatoms. The number of nitrogens with one attached hydrogen (secondary N) is 2. The molecule has 0 unspecified atom stereocenters. The molecule has 5 N–H and O–H groups in total. The number of nitrogens with two attached hydrogens (primary N) is 1. The number of nitrogens with zero attached hydrogens (tertiary/aromatic N) is 4. The Morgan fingerprint density at radius 1 is 1.11 bits per heavy atom. The molecule has 3 aromatic rings. The number of fused-ring (bicyclic) bond motifs is 1. The number of anilines is 3. The maximum Gasteiger partial charge on any atom is 0.224 e. The van der Waals surface area contributed by atoms with Gasteiger partial charge in [-0.3, -0.25) is 9.36 Å². The fourth-order valence-corrected chi connectivity index (χ4v) is 5.61. The maximum absolute atomic E-state index is 13.7. The van der Waals surface area contributed by atoms with Crippen LogP contribution in [0.3, 0.4) is 0 Å². The van der Waals surface area contributed by atoms with Gasteiger partial charge in [0.05, 0.1) is 28.0 Å². The van der Waals surface area contributed by atoms with Gasteiger partial charge < -0.3 is 21.5 Å². The molecule has 1 aromatic carbocycles. The quantitative estimate of drug-likeness (QED) is 0.373. The molecule has 186 valence electrons. The van der Waals surface area contributed by atoms with Crippen molar-refractivity contribution in [3.05, 3.63) is 34.2 Å². The average molecular weight is 522 g/mol. The van der Waals surface area contributed by atoms with Crippen LogP contribution in [0.25, 0.3) is 11.2 Å². The lowest BCUT2D eigenvalue weighted by Crippen LogP contribution is -2.29. The van der Waals surface area contributed by atoms with Gasteiger partial charge in [0.25, 0.3) is 0 Å². The zero-order chi connectivity index (χ0) is 24.7. The van der Waals surface area contributed by atoms with Gasteiger partial charge in [-0.25, -0.2) is 14.4 Å². The number of hydrogen-bond acceptors (Lipinski definition) is 7. The molecule has 2 heterocycles. The Morgan fingerprint density at radius 2 is 1.83 bits per heavy atom. The number of carbonyl (C=O) groups excluding carboxylic acids is 1. The smallest absolute Gasteiger partial charge is 0.224 e. The van der Waals surface area contributed by atoms with Crippen LogP contribution in [-0.2, 0) is 4.79 Å². The maximum atomic E-state index is 13.7. The van der Waals surface area contributed by atoms with Crippen molar-refractivity contribution in [3.8, 4) is 0 Å². The number of benzene rings is 1. The molecule has 2 saturated carbocycles. The first-order chi connectivity index (χ1) is 16.8. The second-order valence-electron chi connectivity index (χ2n) is 9.29. The van der Waals surface area contributed by atoms with E-state index in [0.29, 0.717) is 60.9 Å². The highest BCUT2D eigenvalue weighted by atomic mass is 35.5. The number of halogens is 3. The number of hydrogen-bond donors (Lipinski definition) is 4. The molecule has 35 heavy (non-hydrogen) atoms. The fourth-order valence-electron chi connectivity index (χ4n) is 5.06. The normalized spacial score (nSPS) is 24.6. The molecule has 5 rings (SSSR count).